The van der Waals surface area contributed by atoms with E-state index in [0.29, 0.717) is 12.6 Å². The summed E-state index contributed by atoms with van der Waals surface area (Å²) in [6.07, 6.45) is 2.16. The summed E-state index contributed by atoms with van der Waals surface area (Å²) in [5, 5.41) is 17.6. The van der Waals surface area contributed by atoms with Crippen LogP contribution in [0.2, 0.25) is 0 Å². The van der Waals surface area contributed by atoms with Crippen molar-refractivity contribution in [3.8, 4) is 0 Å². The van der Waals surface area contributed by atoms with E-state index in [2.05, 4.69) is 50.9 Å². The standard InChI is InChI=1S/C22H29N5O2/c1-2-23-22(24-16-18-8-10-21(11-9-18)27(28)29)25-20-12-14-26(15-13-20)17-19-6-4-3-5-7-19/h3-11,20H,2,12-17H2,1H3,(H2,23,24,25). The highest BCUT2D eigenvalue weighted by atomic mass is 16.6. The predicted octanol–water partition coefficient (Wildman–Crippen LogP) is 3.31. The summed E-state index contributed by atoms with van der Waals surface area (Å²) in [4.78, 5) is 17.5. The molecule has 7 heteroatoms. The Kier molecular flexibility index (Phi) is 7.58. The van der Waals surface area contributed by atoms with Crippen LogP contribution in [-0.2, 0) is 13.1 Å². The van der Waals surface area contributed by atoms with E-state index in [-0.39, 0.29) is 10.6 Å². The van der Waals surface area contributed by atoms with E-state index in [1.54, 1.807) is 12.1 Å². The molecule has 0 unspecified atom stereocenters. The fourth-order valence-electron chi connectivity index (χ4n) is 3.48. The van der Waals surface area contributed by atoms with Gasteiger partial charge in [0.05, 0.1) is 11.5 Å². The number of piperidine rings is 1. The number of likely N-dealkylation sites (tertiary alicyclic amines) is 1. The summed E-state index contributed by atoms with van der Waals surface area (Å²) < 4.78 is 0. The Morgan fingerprint density at radius 2 is 1.79 bits per heavy atom. The van der Waals surface area contributed by atoms with Crippen LogP contribution in [0, 0.1) is 10.1 Å². The molecule has 0 spiro atoms. The Morgan fingerprint density at radius 1 is 1.10 bits per heavy atom. The van der Waals surface area contributed by atoms with Crippen molar-refractivity contribution >= 4 is 11.6 Å². The Bertz CT molecular complexity index is 800. The van der Waals surface area contributed by atoms with Gasteiger partial charge in [-0.05, 0) is 30.9 Å². The van der Waals surface area contributed by atoms with Crippen molar-refractivity contribution in [1.29, 1.82) is 0 Å². The zero-order valence-electron chi connectivity index (χ0n) is 16.9. The summed E-state index contributed by atoms with van der Waals surface area (Å²) in [6.45, 7) is 6.45. The van der Waals surface area contributed by atoms with Crippen molar-refractivity contribution in [3.63, 3.8) is 0 Å². The molecule has 0 aliphatic carbocycles. The monoisotopic (exact) mass is 395 g/mol. The number of nitrogens with zero attached hydrogens (tertiary/aromatic N) is 3. The van der Waals surface area contributed by atoms with Crippen LogP contribution in [-0.4, -0.2) is 41.5 Å². The summed E-state index contributed by atoms with van der Waals surface area (Å²) in [5.74, 6) is 0.798. The third-order valence-corrected chi connectivity index (χ3v) is 5.09. The van der Waals surface area contributed by atoms with Crippen LogP contribution in [0.25, 0.3) is 0 Å². The lowest BCUT2D eigenvalue weighted by Gasteiger charge is -2.33. The molecule has 1 fully saturated rings. The number of nitrogens with one attached hydrogen (secondary N) is 2. The summed E-state index contributed by atoms with van der Waals surface area (Å²) in [7, 11) is 0. The van der Waals surface area contributed by atoms with Gasteiger partial charge in [-0.3, -0.25) is 15.0 Å². The first-order valence-electron chi connectivity index (χ1n) is 10.2. The summed E-state index contributed by atoms with van der Waals surface area (Å²) in [6, 6.07) is 17.6. The molecular formula is C22H29N5O2. The molecule has 0 aromatic heterocycles. The van der Waals surface area contributed by atoms with Gasteiger partial charge in [-0.15, -0.1) is 0 Å². The SMILES string of the molecule is CCNC(=NCc1ccc([N+](=O)[O-])cc1)NC1CCN(Cc2ccccc2)CC1. The second kappa shape index (κ2) is 10.6. The second-order valence-electron chi connectivity index (χ2n) is 7.30. The van der Waals surface area contributed by atoms with Gasteiger partial charge in [0.25, 0.3) is 5.69 Å². The maximum atomic E-state index is 10.8. The molecule has 7 nitrogen and oxygen atoms in total. The van der Waals surface area contributed by atoms with Gasteiger partial charge in [0.1, 0.15) is 0 Å². The van der Waals surface area contributed by atoms with E-state index in [4.69, 9.17) is 0 Å². The number of non-ortho nitro benzene ring substituents is 1. The van der Waals surface area contributed by atoms with Gasteiger partial charge < -0.3 is 10.6 Å². The van der Waals surface area contributed by atoms with Gasteiger partial charge in [-0.1, -0.05) is 42.5 Å². The first-order valence-corrected chi connectivity index (χ1v) is 10.2. The highest BCUT2D eigenvalue weighted by molar-refractivity contribution is 5.80. The molecule has 1 heterocycles. The molecule has 1 aliphatic rings. The highest BCUT2D eigenvalue weighted by Crippen LogP contribution is 2.15. The Labute approximate surface area is 172 Å². The number of benzene rings is 2. The minimum Gasteiger partial charge on any atom is -0.357 e. The third kappa shape index (κ3) is 6.57. The van der Waals surface area contributed by atoms with E-state index < -0.39 is 0 Å². The van der Waals surface area contributed by atoms with Gasteiger partial charge in [-0.25, -0.2) is 4.99 Å². The lowest BCUT2D eigenvalue weighted by atomic mass is 10.0. The molecule has 3 rings (SSSR count). The molecule has 0 bridgehead atoms. The normalized spacial score (nSPS) is 15.8. The van der Waals surface area contributed by atoms with Gasteiger partial charge in [0, 0.05) is 44.4 Å². The maximum Gasteiger partial charge on any atom is 0.269 e. The van der Waals surface area contributed by atoms with Crippen LogP contribution >= 0.6 is 0 Å². The number of hydrogen-bond donors (Lipinski definition) is 2. The fraction of sp³-hybridized carbons (Fsp3) is 0.409. The number of nitro groups is 1. The molecule has 0 saturated carbocycles. The minimum absolute atomic E-state index is 0.102. The second-order valence-corrected chi connectivity index (χ2v) is 7.30. The van der Waals surface area contributed by atoms with Gasteiger partial charge in [-0.2, -0.15) is 0 Å². The Morgan fingerprint density at radius 3 is 2.41 bits per heavy atom. The number of hydrogen-bond acceptors (Lipinski definition) is 4. The van der Waals surface area contributed by atoms with E-state index in [0.717, 1.165) is 50.5 Å². The summed E-state index contributed by atoms with van der Waals surface area (Å²) in [5.41, 5.74) is 2.41. The van der Waals surface area contributed by atoms with Gasteiger partial charge >= 0.3 is 0 Å². The topological polar surface area (TPSA) is 82.8 Å². The van der Waals surface area contributed by atoms with E-state index in [1.165, 1.54) is 17.7 Å². The van der Waals surface area contributed by atoms with Crippen LogP contribution in [0.5, 0.6) is 0 Å². The molecule has 0 radical (unpaired) electrons. The zero-order valence-corrected chi connectivity index (χ0v) is 16.9. The smallest absolute Gasteiger partial charge is 0.269 e. The molecule has 1 aliphatic heterocycles. The van der Waals surface area contributed by atoms with Crippen molar-refractivity contribution in [2.24, 2.45) is 4.99 Å². The molecule has 1 saturated heterocycles. The quantitative estimate of drug-likeness (QED) is 0.325. The van der Waals surface area contributed by atoms with Crippen LogP contribution in [0.4, 0.5) is 5.69 Å². The average molecular weight is 396 g/mol. The van der Waals surface area contributed by atoms with Crippen molar-refractivity contribution in [2.45, 2.75) is 38.9 Å². The predicted molar refractivity (Wildman–Crippen MR) is 116 cm³/mol. The lowest BCUT2D eigenvalue weighted by Crippen LogP contribution is -2.48. The minimum atomic E-state index is -0.386. The van der Waals surface area contributed by atoms with Crippen LogP contribution in [0.15, 0.2) is 59.6 Å². The van der Waals surface area contributed by atoms with Crippen molar-refractivity contribution in [3.05, 3.63) is 75.8 Å². The third-order valence-electron chi connectivity index (χ3n) is 5.09. The molecule has 2 aromatic rings. The molecule has 2 aromatic carbocycles. The fourth-order valence-corrected chi connectivity index (χ4v) is 3.48. The number of aliphatic imine (C=N–C) groups is 1. The van der Waals surface area contributed by atoms with E-state index in [9.17, 15) is 10.1 Å². The van der Waals surface area contributed by atoms with Crippen LogP contribution < -0.4 is 10.6 Å². The van der Waals surface area contributed by atoms with Gasteiger partial charge in [0.2, 0.25) is 0 Å². The average Bonchev–Trinajstić information content (AvgIpc) is 2.74. The molecule has 154 valence electrons. The molecule has 2 N–H and O–H groups in total. The number of guanidine groups is 1. The number of rotatable bonds is 7. The summed E-state index contributed by atoms with van der Waals surface area (Å²) >= 11 is 0. The van der Waals surface area contributed by atoms with Crippen molar-refractivity contribution in [2.75, 3.05) is 19.6 Å². The lowest BCUT2D eigenvalue weighted by molar-refractivity contribution is -0.384. The zero-order chi connectivity index (χ0) is 20.5. The van der Waals surface area contributed by atoms with Crippen molar-refractivity contribution < 1.29 is 4.92 Å². The maximum absolute atomic E-state index is 10.8. The van der Waals surface area contributed by atoms with E-state index >= 15 is 0 Å². The highest BCUT2D eigenvalue weighted by Gasteiger charge is 2.20. The Hall–Kier alpha value is -2.93. The van der Waals surface area contributed by atoms with Crippen LogP contribution in [0.1, 0.15) is 30.9 Å². The molecular weight excluding hydrogens is 366 g/mol. The molecule has 0 atom stereocenters. The van der Waals surface area contributed by atoms with E-state index in [1.807, 2.05) is 6.92 Å². The molecule has 0 amide bonds. The first kappa shape index (κ1) is 20.8. The Balaban J connectivity index is 1.50. The number of nitro benzene ring substituents is 1. The van der Waals surface area contributed by atoms with Gasteiger partial charge in [0.15, 0.2) is 5.96 Å². The largest absolute Gasteiger partial charge is 0.357 e. The van der Waals surface area contributed by atoms with Crippen molar-refractivity contribution in [1.82, 2.24) is 15.5 Å². The van der Waals surface area contributed by atoms with Crippen LogP contribution in [0.3, 0.4) is 0 Å². The first-order chi connectivity index (χ1) is 14.1. The molecule has 29 heavy (non-hydrogen) atoms.